The fourth-order valence-electron chi connectivity index (χ4n) is 2.63. The molecule has 158 valence electrons. The van der Waals surface area contributed by atoms with Crippen molar-refractivity contribution in [3.63, 3.8) is 0 Å². The highest BCUT2D eigenvalue weighted by atomic mass is 16.6. The van der Waals surface area contributed by atoms with Crippen molar-refractivity contribution in [2.75, 3.05) is 13.7 Å². The number of nitriles is 1. The fraction of sp³-hybridized carbons (Fsp3) is 0.136. The number of hydrogen-bond acceptors (Lipinski definition) is 7. The molecule has 0 heterocycles. The largest absolute Gasteiger partial charge is 0.493 e. The maximum atomic E-state index is 12.6. The average Bonchev–Trinajstić information content (AvgIpc) is 2.76. The summed E-state index contributed by atoms with van der Waals surface area (Å²) in [6, 6.07) is 10.4. The number of benzene rings is 2. The van der Waals surface area contributed by atoms with Gasteiger partial charge < -0.3 is 14.8 Å². The number of rotatable bonds is 8. The van der Waals surface area contributed by atoms with Gasteiger partial charge in [-0.1, -0.05) is 18.2 Å². The first-order valence-electron chi connectivity index (χ1n) is 8.97. The smallest absolute Gasteiger partial charge is 0.344 e. The third-order valence-corrected chi connectivity index (χ3v) is 4.20. The molecule has 0 atom stereocenters. The summed E-state index contributed by atoms with van der Waals surface area (Å²) in [5.74, 6) is -1.10. The number of carbonyl (C=O) groups is 2. The summed E-state index contributed by atoms with van der Waals surface area (Å²) in [6.07, 6.45) is 2.85. The topological polar surface area (TPSA) is 132 Å². The van der Waals surface area contributed by atoms with Crippen LogP contribution in [0.2, 0.25) is 0 Å². The second-order valence-corrected chi connectivity index (χ2v) is 6.18. The Morgan fingerprint density at radius 2 is 2.03 bits per heavy atom. The van der Waals surface area contributed by atoms with E-state index in [1.54, 1.807) is 0 Å². The minimum absolute atomic E-state index is 0.0471. The summed E-state index contributed by atoms with van der Waals surface area (Å²) >= 11 is 0. The molecule has 2 aromatic rings. The van der Waals surface area contributed by atoms with Crippen LogP contribution < -0.4 is 14.8 Å². The second-order valence-electron chi connectivity index (χ2n) is 6.18. The summed E-state index contributed by atoms with van der Waals surface area (Å²) < 4.78 is 10.6. The molecule has 2 aromatic carbocycles. The molecule has 1 N–H and O–H groups in total. The molecule has 0 aliphatic heterocycles. The van der Waals surface area contributed by atoms with Crippen molar-refractivity contribution in [2.45, 2.75) is 6.92 Å². The van der Waals surface area contributed by atoms with Crippen molar-refractivity contribution in [1.29, 1.82) is 5.26 Å². The van der Waals surface area contributed by atoms with Crippen LogP contribution in [0.25, 0.3) is 6.08 Å². The normalized spacial score (nSPS) is 10.5. The molecular formula is C22H19N3O6. The number of amides is 1. The first-order chi connectivity index (χ1) is 14.8. The Labute approximate surface area is 178 Å². The van der Waals surface area contributed by atoms with E-state index in [4.69, 9.17) is 9.47 Å². The van der Waals surface area contributed by atoms with Crippen molar-refractivity contribution < 1.29 is 24.0 Å². The van der Waals surface area contributed by atoms with Crippen LogP contribution >= 0.6 is 0 Å². The Hall–Kier alpha value is -4.45. The maximum Gasteiger partial charge on any atom is 0.344 e. The molecule has 0 spiro atoms. The van der Waals surface area contributed by atoms with Gasteiger partial charge in [-0.3, -0.25) is 14.9 Å². The van der Waals surface area contributed by atoms with Gasteiger partial charge in [0, 0.05) is 18.2 Å². The van der Waals surface area contributed by atoms with Gasteiger partial charge in [-0.25, -0.2) is 4.79 Å². The highest BCUT2D eigenvalue weighted by molar-refractivity contribution is 6.01. The average molecular weight is 421 g/mol. The third kappa shape index (κ3) is 5.55. The number of nitrogens with zero attached hydrogens (tertiary/aromatic N) is 2. The lowest BCUT2D eigenvalue weighted by molar-refractivity contribution is -0.385. The summed E-state index contributed by atoms with van der Waals surface area (Å²) in [4.78, 5) is 35.0. The van der Waals surface area contributed by atoms with E-state index in [1.807, 2.05) is 6.07 Å². The summed E-state index contributed by atoms with van der Waals surface area (Å²) in [6.45, 7) is 5.16. The second kappa shape index (κ2) is 10.4. The quantitative estimate of drug-likeness (QED) is 0.131. The van der Waals surface area contributed by atoms with Crippen molar-refractivity contribution in [3.05, 3.63) is 81.4 Å². The van der Waals surface area contributed by atoms with Crippen LogP contribution in [-0.4, -0.2) is 30.5 Å². The molecule has 9 heteroatoms. The van der Waals surface area contributed by atoms with Crippen LogP contribution in [0.1, 0.15) is 21.5 Å². The summed E-state index contributed by atoms with van der Waals surface area (Å²) in [5, 5.41) is 22.8. The fourth-order valence-corrected chi connectivity index (χ4v) is 2.63. The number of nitrogens with one attached hydrogen (secondary N) is 1. The van der Waals surface area contributed by atoms with Crippen LogP contribution in [0.4, 0.5) is 5.69 Å². The van der Waals surface area contributed by atoms with E-state index in [0.717, 1.165) is 0 Å². The van der Waals surface area contributed by atoms with E-state index >= 15 is 0 Å². The number of carbonyl (C=O) groups excluding carboxylic acids is 2. The van der Waals surface area contributed by atoms with E-state index in [-0.39, 0.29) is 40.4 Å². The van der Waals surface area contributed by atoms with E-state index in [9.17, 15) is 25.0 Å². The Kier molecular flexibility index (Phi) is 7.63. The molecule has 0 saturated heterocycles. The highest BCUT2D eigenvalue weighted by Crippen LogP contribution is 2.30. The lowest BCUT2D eigenvalue weighted by Crippen LogP contribution is -2.24. The van der Waals surface area contributed by atoms with Gasteiger partial charge in [0.15, 0.2) is 11.5 Å². The van der Waals surface area contributed by atoms with Gasteiger partial charge in [-0.15, -0.1) is 6.58 Å². The predicted octanol–water partition coefficient (Wildman–Crippen LogP) is 3.34. The number of esters is 1. The van der Waals surface area contributed by atoms with Gasteiger partial charge in [0.25, 0.3) is 11.6 Å². The maximum absolute atomic E-state index is 12.6. The molecule has 2 rings (SSSR count). The zero-order valence-electron chi connectivity index (χ0n) is 16.9. The molecule has 0 aliphatic rings. The molecule has 9 nitrogen and oxygen atoms in total. The van der Waals surface area contributed by atoms with E-state index in [2.05, 4.69) is 11.9 Å². The van der Waals surface area contributed by atoms with Crippen LogP contribution in [0.3, 0.4) is 0 Å². The molecule has 1 amide bonds. The summed E-state index contributed by atoms with van der Waals surface area (Å²) in [5.41, 5.74) is 0.376. The van der Waals surface area contributed by atoms with Gasteiger partial charge >= 0.3 is 5.97 Å². The number of ether oxygens (including phenoxy) is 2. The molecule has 0 aliphatic carbocycles. The number of nitro groups is 1. The molecule has 0 aromatic heterocycles. The van der Waals surface area contributed by atoms with E-state index < -0.39 is 16.8 Å². The van der Waals surface area contributed by atoms with Crippen LogP contribution in [0, 0.1) is 28.4 Å². The van der Waals surface area contributed by atoms with Gasteiger partial charge in [0.2, 0.25) is 0 Å². The van der Waals surface area contributed by atoms with Crippen molar-refractivity contribution in [1.82, 2.24) is 5.32 Å². The minimum Gasteiger partial charge on any atom is -0.493 e. The lowest BCUT2D eigenvalue weighted by atomic mass is 10.1. The van der Waals surface area contributed by atoms with Gasteiger partial charge in [0.1, 0.15) is 11.6 Å². The molecule has 0 saturated carbocycles. The Morgan fingerprint density at radius 1 is 1.29 bits per heavy atom. The Morgan fingerprint density at radius 3 is 2.65 bits per heavy atom. The highest BCUT2D eigenvalue weighted by Gasteiger charge is 2.20. The van der Waals surface area contributed by atoms with Crippen LogP contribution in [0.5, 0.6) is 11.5 Å². The first-order valence-corrected chi connectivity index (χ1v) is 8.97. The SMILES string of the molecule is C=CCNC(=O)C(C#N)=Cc1ccc(OC(=O)c2cccc([N+](=O)[O-])c2C)c(OC)c1. The minimum atomic E-state index is -0.788. The number of nitro benzene ring substituents is 1. The van der Waals surface area contributed by atoms with Gasteiger partial charge in [-0.05, 0) is 36.8 Å². The molecule has 0 radical (unpaired) electrons. The number of methoxy groups -OCH3 is 1. The molecule has 0 unspecified atom stereocenters. The van der Waals surface area contributed by atoms with Crippen molar-refractivity contribution in [3.8, 4) is 17.6 Å². The van der Waals surface area contributed by atoms with Crippen molar-refractivity contribution >= 4 is 23.6 Å². The standard InChI is InChI=1S/C22H19N3O6/c1-4-10-24-21(26)16(13-23)11-15-8-9-19(20(12-15)30-3)31-22(27)17-6-5-7-18(14(17)2)25(28)29/h4-9,11-12H,1,10H2,2-3H3,(H,24,26). The number of hydrogen-bond donors (Lipinski definition) is 1. The van der Waals surface area contributed by atoms with Gasteiger partial charge in [0.05, 0.1) is 17.6 Å². The zero-order chi connectivity index (χ0) is 23.0. The van der Waals surface area contributed by atoms with Crippen molar-refractivity contribution in [2.24, 2.45) is 0 Å². The van der Waals surface area contributed by atoms with E-state index in [0.29, 0.717) is 5.56 Å². The van der Waals surface area contributed by atoms with Crippen LogP contribution in [0.15, 0.2) is 54.6 Å². The Bertz CT molecular complexity index is 1110. The monoisotopic (exact) mass is 421 g/mol. The molecule has 0 fully saturated rings. The third-order valence-electron chi connectivity index (χ3n) is 4.20. The molecule has 0 bridgehead atoms. The predicted molar refractivity (Wildman–Crippen MR) is 113 cm³/mol. The molecule has 31 heavy (non-hydrogen) atoms. The lowest BCUT2D eigenvalue weighted by Gasteiger charge is -2.11. The summed E-state index contributed by atoms with van der Waals surface area (Å²) in [7, 11) is 1.36. The van der Waals surface area contributed by atoms with Gasteiger partial charge in [-0.2, -0.15) is 5.26 Å². The van der Waals surface area contributed by atoms with E-state index in [1.165, 1.54) is 62.6 Å². The Balaban J connectivity index is 2.31. The molecular weight excluding hydrogens is 402 g/mol. The zero-order valence-corrected chi connectivity index (χ0v) is 16.9. The van der Waals surface area contributed by atoms with Crippen LogP contribution in [-0.2, 0) is 4.79 Å². The first kappa shape index (κ1) is 22.8.